The predicted octanol–water partition coefficient (Wildman–Crippen LogP) is 3.67. The van der Waals surface area contributed by atoms with Crippen molar-refractivity contribution in [1.29, 1.82) is 0 Å². The molecule has 16 heavy (non-hydrogen) atoms. The molecule has 1 nitrogen and oxygen atoms in total. The van der Waals surface area contributed by atoms with Crippen LogP contribution in [0.4, 0.5) is 0 Å². The molecule has 1 unspecified atom stereocenters. The fourth-order valence-electron chi connectivity index (χ4n) is 1.83. The summed E-state index contributed by atoms with van der Waals surface area (Å²) in [7, 11) is 0. The maximum Gasteiger partial charge on any atom is 0.0210 e. The Labute approximate surface area is 99.6 Å². The first kappa shape index (κ1) is 13.0. The van der Waals surface area contributed by atoms with E-state index in [1.807, 2.05) is 6.08 Å². The topological polar surface area (TPSA) is 12.0 Å². The molecule has 0 spiro atoms. The lowest BCUT2D eigenvalue weighted by Gasteiger charge is -2.14. The Morgan fingerprint density at radius 3 is 2.44 bits per heavy atom. The molecule has 0 aliphatic carbocycles. The van der Waals surface area contributed by atoms with Crippen molar-refractivity contribution in [2.24, 2.45) is 0 Å². The second-order valence-corrected chi connectivity index (χ2v) is 4.67. The van der Waals surface area contributed by atoms with Gasteiger partial charge in [-0.3, -0.25) is 0 Å². The van der Waals surface area contributed by atoms with Gasteiger partial charge in [-0.1, -0.05) is 18.2 Å². The average molecular weight is 217 g/mol. The summed E-state index contributed by atoms with van der Waals surface area (Å²) in [6.07, 6.45) is 2.98. The van der Waals surface area contributed by atoms with Gasteiger partial charge in [-0.05, 0) is 56.4 Å². The first-order chi connectivity index (χ1) is 7.54. The zero-order valence-corrected chi connectivity index (χ0v) is 10.9. The summed E-state index contributed by atoms with van der Waals surface area (Å²) < 4.78 is 0. The van der Waals surface area contributed by atoms with Crippen LogP contribution in [0.3, 0.4) is 0 Å². The van der Waals surface area contributed by atoms with Crippen molar-refractivity contribution >= 4 is 0 Å². The Morgan fingerprint density at radius 1 is 1.19 bits per heavy atom. The van der Waals surface area contributed by atoms with Crippen LogP contribution in [0.5, 0.6) is 0 Å². The van der Waals surface area contributed by atoms with E-state index in [9.17, 15) is 0 Å². The SMILES string of the molecule is C=CCC(C)NCc1cc(C)c(C)cc1C. The number of benzene rings is 1. The van der Waals surface area contributed by atoms with E-state index in [-0.39, 0.29) is 0 Å². The quantitative estimate of drug-likeness (QED) is 0.742. The van der Waals surface area contributed by atoms with E-state index < -0.39 is 0 Å². The lowest BCUT2D eigenvalue weighted by Crippen LogP contribution is -2.25. The standard InChI is InChI=1S/C15H23N/c1-6-7-14(5)16-10-15-9-12(3)11(2)8-13(15)4/h6,8-9,14,16H,1,7,10H2,2-5H3. The fraction of sp³-hybridized carbons (Fsp3) is 0.467. The van der Waals surface area contributed by atoms with Gasteiger partial charge < -0.3 is 5.32 Å². The maximum absolute atomic E-state index is 3.76. The van der Waals surface area contributed by atoms with Gasteiger partial charge in [0.05, 0.1) is 0 Å². The minimum Gasteiger partial charge on any atom is -0.310 e. The molecule has 0 aliphatic heterocycles. The molecule has 0 aliphatic rings. The second kappa shape index (κ2) is 5.86. The summed E-state index contributed by atoms with van der Waals surface area (Å²) >= 11 is 0. The molecular weight excluding hydrogens is 194 g/mol. The van der Waals surface area contributed by atoms with E-state index in [1.54, 1.807) is 0 Å². The highest BCUT2D eigenvalue weighted by Crippen LogP contribution is 2.15. The van der Waals surface area contributed by atoms with Gasteiger partial charge in [0, 0.05) is 12.6 Å². The van der Waals surface area contributed by atoms with Gasteiger partial charge in [0.25, 0.3) is 0 Å². The van der Waals surface area contributed by atoms with E-state index >= 15 is 0 Å². The van der Waals surface area contributed by atoms with Gasteiger partial charge in [-0.15, -0.1) is 6.58 Å². The maximum atomic E-state index is 3.76. The molecule has 0 saturated carbocycles. The Hall–Kier alpha value is -1.08. The molecule has 0 bridgehead atoms. The molecule has 1 aromatic carbocycles. The fourth-order valence-corrected chi connectivity index (χ4v) is 1.83. The first-order valence-electron chi connectivity index (χ1n) is 5.95. The van der Waals surface area contributed by atoms with E-state index in [4.69, 9.17) is 0 Å². The molecule has 1 aromatic rings. The molecule has 0 amide bonds. The van der Waals surface area contributed by atoms with Crippen LogP contribution in [0, 0.1) is 20.8 Å². The van der Waals surface area contributed by atoms with Crippen LogP contribution < -0.4 is 5.32 Å². The molecule has 1 rings (SSSR count). The molecule has 88 valence electrons. The largest absolute Gasteiger partial charge is 0.310 e. The third-order valence-electron chi connectivity index (χ3n) is 3.11. The lowest BCUT2D eigenvalue weighted by molar-refractivity contribution is 0.552. The molecular formula is C15H23N. The number of aryl methyl sites for hydroxylation is 3. The van der Waals surface area contributed by atoms with Gasteiger partial charge >= 0.3 is 0 Å². The van der Waals surface area contributed by atoms with E-state index in [0.29, 0.717) is 6.04 Å². The van der Waals surface area contributed by atoms with Crippen molar-refractivity contribution in [2.75, 3.05) is 0 Å². The summed E-state index contributed by atoms with van der Waals surface area (Å²) in [6.45, 7) is 13.4. The number of hydrogen-bond donors (Lipinski definition) is 1. The second-order valence-electron chi connectivity index (χ2n) is 4.67. The molecule has 0 aromatic heterocycles. The normalized spacial score (nSPS) is 12.5. The van der Waals surface area contributed by atoms with E-state index in [2.05, 4.69) is 51.7 Å². The van der Waals surface area contributed by atoms with Crippen molar-refractivity contribution in [3.63, 3.8) is 0 Å². The highest BCUT2D eigenvalue weighted by atomic mass is 14.9. The van der Waals surface area contributed by atoms with Gasteiger partial charge in [0.15, 0.2) is 0 Å². The number of nitrogens with one attached hydrogen (secondary N) is 1. The van der Waals surface area contributed by atoms with Gasteiger partial charge in [-0.2, -0.15) is 0 Å². The molecule has 1 heteroatoms. The van der Waals surface area contributed by atoms with Crippen LogP contribution in [0.2, 0.25) is 0 Å². The van der Waals surface area contributed by atoms with Crippen LogP contribution in [-0.4, -0.2) is 6.04 Å². The lowest BCUT2D eigenvalue weighted by atomic mass is 10.0. The summed E-state index contributed by atoms with van der Waals surface area (Å²) in [5.41, 5.74) is 5.53. The van der Waals surface area contributed by atoms with Crippen LogP contribution in [-0.2, 0) is 6.54 Å². The van der Waals surface area contributed by atoms with Crippen LogP contribution in [0.15, 0.2) is 24.8 Å². The van der Waals surface area contributed by atoms with Gasteiger partial charge in [-0.25, -0.2) is 0 Å². The Balaban J connectivity index is 2.67. The molecule has 0 saturated heterocycles. The average Bonchev–Trinajstić information content (AvgIpc) is 2.22. The van der Waals surface area contributed by atoms with E-state index in [0.717, 1.165) is 13.0 Å². The third kappa shape index (κ3) is 3.49. The predicted molar refractivity (Wildman–Crippen MR) is 71.8 cm³/mol. The highest BCUT2D eigenvalue weighted by molar-refractivity contribution is 5.36. The van der Waals surface area contributed by atoms with Crippen molar-refractivity contribution in [2.45, 2.75) is 46.7 Å². The Morgan fingerprint density at radius 2 is 1.81 bits per heavy atom. The summed E-state index contributed by atoms with van der Waals surface area (Å²) in [5.74, 6) is 0. The summed E-state index contributed by atoms with van der Waals surface area (Å²) in [5, 5.41) is 3.52. The summed E-state index contributed by atoms with van der Waals surface area (Å²) in [4.78, 5) is 0. The van der Waals surface area contributed by atoms with Crippen LogP contribution >= 0.6 is 0 Å². The molecule has 0 heterocycles. The molecule has 1 N–H and O–H groups in total. The monoisotopic (exact) mass is 217 g/mol. The number of hydrogen-bond acceptors (Lipinski definition) is 1. The highest BCUT2D eigenvalue weighted by Gasteiger charge is 2.03. The van der Waals surface area contributed by atoms with Crippen molar-refractivity contribution in [3.05, 3.63) is 47.0 Å². The van der Waals surface area contributed by atoms with Crippen LogP contribution in [0.1, 0.15) is 35.6 Å². The first-order valence-corrected chi connectivity index (χ1v) is 5.95. The van der Waals surface area contributed by atoms with Crippen molar-refractivity contribution in [1.82, 2.24) is 5.32 Å². The minimum atomic E-state index is 0.499. The Kier molecular flexibility index (Phi) is 4.75. The zero-order chi connectivity index (χ0) is 12.1. The molecule has 1 atom stereocenters. The van der Waals surface area contributed by atoms with E-state index in [1.165, 1.54) is 22.3 Å². The van der Waals surface area contributed by atoms with Gasteiger partial charge in [0.2, 0.25) is 0 Å². The molecule has 0 fully saturated rings. The van der Waals surface area contributed by atoms with Crippen molar-refractivity contribution < 1.29 is 0 Å². The van der Waals surface area contributed by atoms with Crippen molar-refractivity contribution in [3.8, 4) is 0 Å². The number of rotatable bonds is 5. The minimum absolute atomic E-state index is 0.499. The Bertz CT molecular complexity index is 366. The molecule has 0 radical (unpaired) electrons. The van der Waals surface area contributed by atoms with Crippen LogP contribution in [0.25, 0.3) is 0 Å². The van der Waals surface area contributed by atoms with Gasteiger partial charge in [0.1, 0.15) is 0 Å². The smallest absolute Gasteiger partial charge is 0.0210 e. The summed E-state index contributed by atoms with van der Waals surface area (Å²) in [6, 6.07) is 5.06. The third-order valence-corrected chi connectivity index (χ3v) is 3.11. The zero-order valence-electron chi connectivity index (χ0n) is 10.9.